The fraction of sp³-hybridized carbons (Fsp3) is 0.533. The van der Waals surface area contributed by atoms with E-state index in [4.69, 9.17) is 21.3 Å². The highest BCUT2D eigenvalue weighted by atomic mass is 35.5. The smallest absolute Gasteiger partial charge is 0.169 e. The topological polar surface area (TPSA) is 47.3 Å². The molecule has 0 saturated carbocycles. The summed E-state index contributed by atoms with van der Waals surface area (Å²) in [5.41, 5.74) is 1.95. The second kappa shape index (κ2) is 6.16. The van der Waals surface area contributed by atoms with Gasteiger partial charge in [-0.3, -0.25) is 0 Å². The highest BCUT2D eigenvalue weighted by Gasteiger charge is 2.38. The van der Waals surface area contributed by atoms with Crippen molar-refractivity contribution in [2.45, 2.75) is 25.0 Å². The van der Waals surface area contributed by atoms with Crippen molar-refractivity contribution in [3.63, 3.8) is 0 Å². The molecule has 0 radical (unpaired) electrons. The van der Waals surface area contributed by atoms with Gasteiger partial charge in [-0.1, -0.05) is 30.3 Å². The Labute approximate surface area is 133 Å². The van der Waals surface area contributed by atoms with E-state index >= 15 is 0 Å². The highest BCUT2D eigenvalue weighted by molar-refractivity contribution is 7.99. The molecular formula is C15H19ClN2O2S. The molecule has 1 aliphatic heterocycles. The maximum Gasteiger partial charge on any atom is 0.169 e. The normalized spacial score (nSPS) is 17.1. The number of aryl methyl sites for hydroxylation is 1. The molecule has 0 unspecified atom stereocenters. The predicted molar refractivity (Wildman–Crippen MR) is 86.1 cm³/mol. The molecule has 1 aromatic carbocycles. The number of fused-ring (bicyclic) bond motifs is 1. The molecule has 6 heteroatoms. The van der Waals surface area contributed by atoms with Crippen LogP contribution in [0.2, 0.25) is 5.02 Å². The first-order valence-corrected chi connectivity index (χ1v) is 8.51. The molecule has 1 saturated heterocycles. The molecule has 0 amide bonds. The molecule has 2 aromatic rings. The molecule has 114 valence electrons. The highest BCUT2D eigenvalue weighted by Crippen LogP contribution is 2.35. The molecular weight excluding hydrogens is 308 g/mol. The number of hydrogen-bond acceptors (Lipinski definition) is 4. The van der Waals surface area contributed by atoms with E-state index in [1.165, 1.54) is 0 Å². The van der Waals surface area contributed by atoms with Gasteiger partial charge in [-0.2, -0.15) is 0 Å². The van der Waals surface area contributed by atoms with Crippen LogP contribution in [-0.2, 0) is 11.3 Å². The number of aromatic nitrogens is 2. The number of thioether (sulfide) groups is 1. The van der Waals surface area contributed by atoms with Crippen LogP contribution in [-0.4, -0.2) is 40.2 Å². The fourth-order valence-electron chi connectivity index (χ4n) is 2.46. The van der Waals surface area contributed by atoms with Crippen LogP contribution < -0.4 is 0 Å². The van der Waals surface area contributed by atoms with E-state index in [0.29, 0.717) is 18.2 Å². The van der Waals surface area contributed by atoms with E-state index < -0.39 is 0 Å². The van der Waals surface area contributed by atoms with Crippen LogP contribution in [0.4, 0.5) is 0 Å². The standard InChI is InChI=1S/C15H19ClN2O2S/c1-2-5-18-13-4-3-11(16)6-12(13)17-14(18)21-10-15(7-19)8-20-9-15/h3-4,6,19H,2,5,7-10H2,1H3. The van der Waals surface area contributed by atoms with Gasteiger partial charge in [0.2, 0.25) is 0 Å². The van der Waals surface area contributed by atoms with Gasteiger partial charge in [0.05, 0.1) is 30.9 Å². The summed E-state index contributed by atoms with van der Waals surface area (Å²) in [6, 6.07) is 5.83. The fourth-order valence-corrected chi connectivity index (χ4v) is 3.83. The van der Waals surface area contributed by atoms with Gasteiger partial charge >= 0.3 is 0 Å². The Morgan fingerprint density at radius 2 is 2.29 bits per heavy atom. The lowest BCUT2D eigenvalue weighted by Gasteiger charge is -2.39. The number of imidazole rings is 1. The molecule has 21 heavy (non-hydrogen) atoms. The molecule has 1 aromatic heterocycles. The molecule has 0 spiro atoms. The monoisotopic (exact) mass is 326 g/mol. The molecule has 1 aliphatic rings. The van der Waals surface area contributed by atoms with Gasteiger partial charge in [0, 0.05) is 22.7 Å². The quantitative estimate of drug-likeness (QED) is 0.828. The van der Waals surface area contributed by atoms with Crippen molar-refractivity contribution in [3.8, 4) is 0 Å². The number of aliphatic hydroxyl groups is 1. The average molecular weight is 327 g/mol. The van der Waals surface area contributed by atoms with E-state index in [1.807, 2.05) is 18.2 Å². The lowest BCUT2D eigenvalue weighted by molar-refractivity contribution is -0.121. The summed E-state index contributed by atoms with van der Waals surface area (Å²) in [6.45, 7) is 4.53. The van der Waals surface area contributed by atoms with E-state index in [2.05, 4.69) is 11.5 Å². The molecule has 0 aliphatic carbocycles. The third-order valence-corrected chi connectivity index (χ3v) is 5.34. The summed E-state index contributed by atoms with van der Waals surface area (Å²) in [4.78, 5) is 4.71. The lowest BCUT2D eigenvalue weighted by Crippen LogP contribution is -2.47. The lowest BCUT2D eigenvalue weighted by atomic mass is 9.90. The Morgan fingerprint density at radius 3 is 2.90 bits per heavy atom. The maximum absolute atomic E-state index is 9.53. The minimum atomic E-state index is -0.0997. The molecule has 2 heterocycles. The number of rotatable bonds is 6. The van der Waals surface area contributed by atoms with Gasteiger partial charge in [0.25, 0.3) is 0 Å². The summed E-state index contributed by atoms with van der Waals surface area (Å²) in [5.74, 6) is 0.824. The molecule has 0 bridgehead atoms. The zero-order chi connectivity index (χ0) is 14.9. The minimum absolute atomic E-state index is 0.0997. The molecule has 3 rings (SSSR count). The van der Waals surface area contributed by atoms with E-state index in [9.17, 15) is 5.11 Å². The molecule has 1 fully saturated rings. The number of benzene rings is 1. The van der Waals surface area contributed by atoms with E-state index in [0.717, 1.165) is 34.9 Å². The molecule has 4 nitrogen and oxygen atoms in total. The summed E-state index contributed by atoms with van der Waals surface area (Å²) in [5, 5.41) is 11.2. The summed E-state index contributed by atoms with van der Waals surface area (Å²) in [7, 11) is 0. The third kappa shape index (κ3) is 2.93. The number of halogens is 1. The zero-order valence-electron chi connectivity index (χ0n) is 12.0. The number of nitrogens with zero attached hydrogens (tertiary/aromatic N) is 2. The summed E-state index contributed by atoms with van der Waals surface area (Å²) >= 11 is 7.75. The number of hydrogen-bond donors (Lipinski definition) is 1. The van der Waals surface area contributed by atoms with Crippen LogP contribution in [0.3, 0.4) is 0 Å². The number of ether oxygens (including phenoxy) is 1. The summed E-state index contributed by atoms with van der Waals surface area (Å²) in [6.07, 6.45) is 1.05. The van der Waals surface area contributed by atoms with Crippen molar-refractivity contribution in [2.75, 3.05) is 25.6 Å². The van der Waals surface area contributed by atoms with Gasteiger partial charge < -0.3 is 14.4 Å². The van der Waals surface area contributed by atoms with Crippen LogP contribution in [0.25, 0.3) is 11.0 Å². The first-order chi connectivity index (χ1) is 10.2. The van der Waals surface area contributed by atoms with Crippen molar-refractivity contribution in [1.82, 2.24) is 9.55 Å². The van der Waals surface area contributed by atoms with E-state index in [-0.39, 0.29) is 12.0 Å². The van der Waals surface area contributed by atoms with Gasteiger partial charge in [-0.25, -0.2) is 4.98 Å². The first-order valence-electron chi connectivity index (χ1n) is 7.15. The van der Waals surface area contributed by atoms with Crippen LogP contribution >= 0.6 is 23.4 Å². The van der Waals surface area contributed by atoms with Crippen molar-refractivity contribution in [1.29, 1.82) is 0 Å². The average Bonchev–Trinajstić information content (AvgIpc) is 2.76. The number of aliphatic hydroxyl groups excluding tert-OH is 1. The van der Waals surface area contributed by atoms with Gasteiger partial charge in [-0.05, 0) is 24.6 Å². The second-order valence-electron chi connectivity index (χ2n) is 5.62. The van der Waals surface area contributed by atoms with Crippen LogP contribution in [0, 0.1) is 5.41 Å². The van der Waals surface area contributed by atoms with Gasteiger partial charge in [0.15, 0.2) is 5.16 Å². The Hall–Kier alpha value is -0.750. The van der Waals surface area contributed by atoms with Crippen molar-refractivity contribution in [2.24, 2.45) is 5.41 Å². The van der Waals surface area contributed by atoms with Crippen LogP contribution in [0.5, 0.6) is 0 Å². The van der Waals surface area contributed by atoms with Gasteiger partial charge in [-0.15, -0.1) is 0 Å². The zero-order valence-corrected chi connectivity index (χ0v) is 13.6. The molecule has 0 atom stereocenters. The SMILES string of the molecule is CCCn1c(SCC2(CO)COC2)nc2cc(Cl)ccc21. The Morgan fingerprint density at radius 1 is 1.48 bits per heavy atom. The van der Waals surface area contributed by atoms with E-state index in [1.54, 1.807) is 11.8 Å². The first kappa shape index (κ1) is 15.2. The Bertz CT molecular complexity index is 634. The van der Waals surface area contributed by atoms with Crippen LogP contribution in [0.1, 0.15) is 13.3 Å². The van der Waals surface area contributed by atoms with Crippen molar-refractivity contribution < 1.29 is 9.84 Å². The van der Waals surface area contributed by atoms with Crippen molar-refractivity contribution in [3.05, 3.63) is 23.2 Å². The second-order valence-corrected chi connectivity index (χ2v) is 7.00. The Kier molecular flexibility index (Phi) is 4.45. The summed E-state index contributed by atoms with van der Waals surface area (Å²) < 4.78 is 7.49. The predicted octanol–water partition coefficient (Wildman–Crippen LogP) is 3.20. The third-order valence-electron chi connectivity index (χ3n) is 3.78. The Balaban J connectivity index is 1.87. The molecule has 1 N–H and O–H groups in total. The largest absolute Gasteiger partial charge is 0.396 e. The van der Waals surface area contributed by atoms with Crippen molar-refractivity contribution >= 4 is 34.4 Å². The van der Waals surface area contributed by atoms with Gasteiger partial charge in [0.1, 0.15) is 0 Å². The maximum atomic E-state index is 9.53. The minimum Gasteiger partial charge on any atom is -0.396 e. The van der Waals surface area contributed by atoms with Crippen LogP contribution in [0.15, 0.2) is 23.4 Å².